The number of esters is 2. The molecule has 0 N–H and O–H groups in total. The number of carbonyl (C=O) groups is 2. The smallest absolute Gasteiger partial charge is 0.325 e. The van der Waals surface area contributed by atoms with Crippen molar-refractivity contribution in [2.75, 3.05) is 13.9 Å². The Morgan fingerprint density at radius 1 is 1.15 bits per heavy atom. The van der Waals surface area contributed by atoms with E-state index in [2.05, 4.69) is 4.74 Å². The summed E-state index contributed by atoms with van der Waals surface area (Å²) in [5, 5.41) is 0. The van der Waals surface area contributed by atoms with E-state index in [0.717, 1.165) is 0 Å². The Morgan fingerprint density at radius 2 is 1.85 bits per heavy atom. The SMILES string of the molecule is COC(=O)C(C(=O)OC(C)C)c1ccc2c(c1)OCO2. The highest BCUT2D eigenvalue weighted by atomic mass is 16.7. The van der Waals surface area contributed by atoms with Gasteiger partial charge in [0, 0.05) is 0 Å². The lowest BCUT2D eigenvalue weighted by Crippen LogP contribution is -2.27. The highest BCUT2D eigenvalue weighted by molar-refractivity contribution is 6.01. The number of benzene rings is 1. The molecule has 1 aromatic carbocycles. The van der Waals surface area contributed by atoms with E-state index in [1.165, 1.54) is 7.11 Å². The first-order valence-corrected chi connectivity index (χ1v) is 6.20. The molecular weight excluding hydrogens is 264 g/mol. The van der Waals surface area contributed by atoms with Crippen molar-refractivity contribution in [3.05, 3.63) is 23.8 Å². The van der Waals surface area contributed by atoms with Crippen LogP contribution in [-0.4, -0.2) is 31.9 Å². The second kappa shape index (κ2) is 5.81. The van der Waals surface area contributed by atoms with E-state index in [-0.39, 0.29) is 12.9 Å². The first-order chi connectivity index (χ1) is 9.52. The molecule has 0 saturated carbocycles. The van der Waals surface area contributed by atoms with Crippen LogP contribution in [0, 0.1) is 0 Å². The van der Waals surface area contributed by atoms with Crippen molar-refractivity contribution in [2.45, 2.75) is 25.9 Å². The van der Waals surface area contributed by atoms with E-state index in [0.29, 0.717) is 17.1 Å². The van der Waals surface area contributed by atoms with Crippen LogP contribution in [0.2, 0.25) is 0 Å². The molecule has 0 bridgehead atoms. The molecule has 1 unspecified atom stereocenters. The molecule has 1 aliphatic rings. The fourth-order valence-corrected chi connectivity index (χ4v) is 1.88. The zero-order valence-corrected chi connectivity index (χ0v) is 11.5. The molecule has 20 heavy (non-hydrogen) atoms. The van der Waals surface area contributed by atoms with Crippen LogP contribution in [0.1, 0.15) is 25.3 Å². The molecule has 2 rings (SSSR count). The van der Waals surface area contributed by atoms with E-state index >= 15 is 0 Å². The normalized spacial score (nSPS) is 14.0. The highest BCUT2D eigenvalue weighted by Crippen LogP contribution is 2.35. The van der Waals surface area contributed by atoms with Gasteiger partial charge in [-0.25, -0.2) is 0 Å². The zero-order valence-electron chi connectivity index (χ0n) is 11.5. The van der Waals surface area contributed by atoms with Crippen molar-refractivity contribution in [3.8, 4) is 11.5 Å². The Labute approximate surface area is 116 Å². The zero-order chi connectivity index (χ0) is 14.7. The van der Waals surface area contributed by atoms with Gasteiger partial charge in [0.05, 0.1) is 13.2 Å². The number of hydrogen-bond donors (Lipinski definition) is 0. The molecule has 0 spiro atoms. The Morgan fingerprint density at radius 3 is 2.50 bits per heavy atom. The van der Waals surface area contributed by atoms with Crippen LogP contribution in [0.3, 0.4) is 0 Å². The summed E-state index contributed by atoms with van der Waals surface area (Å²) in [6.45, 7) is 3.55. The molecule has 0 aromatic heterocycles. The van der Waals surface area contributed by atoms with Crippen LogP contribution < -0.4 is 9.47 Å². The van der Waals surface area contributed by atoms with Crippen molar-refractivity contribution in [3.63, 3.8) is 0 Å². The van der Waals surface area contributed by atoms with Crippen molar-refractivity contribution in [2.24, 2.45) is 0 Å². The molecule has 0 aliphatic carbocycles. The van der Waals surface area contributed by atoms with Gasteiger partial charge in [-0.3, -0.25) is 9.59 Å². The van der Waals surface area contributed by atoms with Crippen LogP contribution >= 0.6 is 0 Å². The summed E-state index contributed by atoms with van der Waals surface area (Å²) in [4.78, 5) is 23.9. The predicted molar refractivity (Wildman–Crippen MR) is 68.6 cm³/mol. The molecule has 6 nitrogen and oxygen atoms in total. The molecule has 1 aromatic rings. The van der Waals surface area contributed by atoms with Gasteiger partial charge in [-0.05, 0) is 31.5 Å². The van der Waals surface area contributed by atoms with Gasteiger partial charge in [-0.1, -0.05) is 6.07 Å². The summed E-state index contributed by atoms with van der Waals surface area (Å²) in [7, 11) is 1.23. The molecule has 0 radical (unpaired) electrons. The van der Waals surface area contributed by atoms with Gasteiger partial charge in [0.15, 0.2) is 17.4 Å². The number of rotatable bonds is 4. The van der Waals surface area contributed by atoms with Crippen molar-refractivity contribution >= 4 is 11.9 Å². The number of fused-ring (bicyclic) bond motifs is 1. The predicted octanol–water partition coefficient (Wildman–Crippen LogP) is 1.62. The van der Waals surface area contributed by atoms with Gasteiger partial charge in [0.25, 0.3) is 0 Å². The van der Waals surface area contributed by atoms with Crippen LogP contribution in [0.15, 0.2) is 18.2 Å². The molecule has 0 fully saturated rings. The molecule has 6 heteroatoms. The molecule has 0 saturated heterocycles. The largest absolute Gasteiger partial charge is 0.468 e. The van der Waals surface area contributed by atoms with Gasteiger partial charge in [-0.15, -0.1) is 0 Å². The van der Waals surface area contributed by atoms with Gasteiger partial charge >= 0.3 is 11.9 Å². The average Bonchev–Trinajstić information content (AvgIpc) is 2.85. The first-order valence-electron chi connectivity index (χ1n) is 6.20. The maximum absolute atomic E-state index is 12.1. The van der Waals surface area contributed by atoms with Crippen LogP contribution in [0.4, 0.5) is 0 Å². The van der Waals surface area contributed by atoms with Crippen LogP contribution in [-0.2, 0) is 19.1 Å². The standard InChI is InChI=1S/C14H16O6/c1-8(2)20-14(16)12(13(15)17-3)9-4-5-10-11(6-9)19-7-18-10/h4-6,8,12H,7H2,1-3H3. The fourth-order valence-electron chi connectivity index (χ4n) is 1.88. The monoisotopic (exact) mass is 280 g/mol. The second-order valence-corrected chi connectivity index (χ2v) is 4.55. The second-order valence-electron chi connectivity index (χ2n) is 4.55. The lowest BCUT2D eigenvalue weighted by molar-refractivity contribution is -0.158. The Bertz CT molecular complexity index is 522. The molecule has 1 aliphatic heterocycles. The minimum atomic E-state index is -1.13. The highest BCUT2D eigenvalue weighted by Gasteiger charge is 2.33. The van der Waals surface area contributed by atoms with E-state index < -0.39 is 17.9 Å². The topological polar surface area (TPSA) is 71.1 Å². The van der Waals surface area contributed by atoms with Gasteiger partial charge in [-0.2, -0.15) is 0 Å². The summed E-state index contributed by atoms with van der Waals surface area (Å²) >= 11 is 0. The quantitative estimate of drug-likeness (QED) is 0.616. The lowest BCUT2D eigenvalue weighted by Gasteiger charge is -2.16. The Balaban J connectivity index is 2.31. The Hall–Kier alpha value is -2.24. The Kier molecular flexibility index (Phi) is 4.12. The maximum atomic E-state index is 12.1. The van der Waals surface area contributed by atoms with Gasteiger partial charge < -0.3 is 18.9 Å². The van der Waals surface area contributed by atoms with E-state index in [1.54, 1.807) is 32.0 Å². The summed E-state index contributed by atoms with van der Waals surface area (Å²) in [5.74, 6) is -1.37. The minimum Gasteiger partial charge on any atom is -0.468 e. The van der Waals surface area contributed by atoms with Crippen molar-refractivity contribution in [1.82, 2.24) is 0 Å². The third-order valence-corrected chi connectivity index (χ3v) is 2.75. The van der Waals surface area contributed by atoms with Gasteiger partial charge in [0.1, 0.15) is 0 Å². The summed E-state index contributed by atoms with van der Waals surface area (Å²) < 4.78 is 20.2. The first kappa shape index (κ1) is 14.2. The molecule has 0 amide bonds. The molecule has 1 heterocycles. The maximum Gasteiger partial charge on any atom is 0.325 e. The summed E-state index contributed by atoms with van der Waals surface area (Å²) in [5.41, 5.74) is 0.451. The summed E-state index contributed by atoms with van der Waals surface area (Å²) in [6.07, 6.45) is -0.316. The van der Waals surface area contributed by atoms with Crippen molar-refractivity contribution in [1.29, 1.82) is 0 Å². The van der Waals surface area contributed by atoms with Crippen LogP contribution in [0.25, 0.3) is 0 Å². The molecule has 108 valence electrons. The number of ether oxygens (including phenoxy) is 4. The third-order valence-electron chi connectivity index (χ3n) is 2.75. The number of hydrogen-bond acceptors (Lipinski definition) is 6. The number of carbonyl (C=O) groups excluding carboxylic acids is 2. The summed E-state index contributed by atoms with van der Waals surface area (Å²) in [6, 6.07) is 4.86. The van der Waals surface area contributed by atoms with E-state index in [9.17, 15) is 9.59 Å². The molecule has 1 atom stereocenters. The van der Waals surface area contributed by atoms with Gasteiger partial charge in [0.2, 0.25) is 6.79 Å². The third kappa shape index (κ3) is 2.84. The minimum absolute atomic E-state index is 0.123. The number of methoxy groups -OCH3 is 1. The van der Waals surface area contributed by atoms with Crippen molar-refractivity contribution < 1.29 is 28.5 Å². The average molecular weight is 280 g/mol. The lowest BCUT2D eigenvalue weighted by atomic mass is 9.99. The van der Waals surface area contributed by atoms with E-state index in [4.69, 9.17) is 14.2 Å². The fraction of sp³-hybridized carbons (Fsp3) is 0.429. The van der Waals surface area contributed by atoms with Crippen LogP contribution in [0.5, 0.6) is 11.5 Å². The molecular formula is C14H16O6. The van der Waals surface area contributed by atoms with E-state index in [1.807, 2.05) is 0 Å².